The molecule has 132 valence electrons. The van der Waals surface area contributed by atoms with Crippen LogP contribution in [0, 0.1) is 0 Å². The molecule has 1 aliphatic heterocycles. The summed E-state index contributed by atoms with van der Waals surface area (Å²) in [6, 6.07) is 18.5. The lowest BCUT2D eigenvalue weighted by Gasteiger charge is -2.09. The second kappa shape index (κ2) is 6.27. The fourth-order valence-corrected chi connectivity index (χ4v) is 3.48. The number of rotatable bonds is 3. The van der Waals surface area contributed by atoms with Crippen LogP contribution in [0.1, 0.15) is 11.1 Å². The quantitative estimate of drug-likeness (QED) is 0.527. The largest absolute Gasteiger partial charge is 0.524 e. The maximum Gasteiger partial charge on any atom is 0.524 e. The van der Waals surface area contributed by atoms with Crippen LogP contribution >= 0.6 is 7.82 Å². The molecule has 0 fully saturated rings. The molecular formula is C19H16NO5P. The number of phosphoric acid groups is 1. The average molecular weight is 369 g/mol. The minimum atomic E-state index is -4.64. The number of phosphoric ester groups is 1. The molecule has 26 heavy (non-hydrogen) atoms. The molecule has 0 aromatic heterocycles. The van der Waals surface area contributed by atoms with Crippen LogP contribution in [-0.4, -0.2) is 21.1 Å². The molecule has 1 aliphatic rings. The van der Waals surface area contributed by atoms with Crippen LogP contribution in [0.3, 0.4) is 0 Å². The number of benzene rings is 3. The van der Waals surface area contributed by atoms with E-state index in [2.05, 4.69) is 9.84 Å². The zero-order chi connectivity index (χ0) is 18.3. The molecule has 0 spiro atoms. The van der Waals surface area contributed by atoms with Crippen molar-refractivity contribution in [1.29, 1.82) is 0 Å². The molecule has 1 unspecified atom stereocenters. The predicted molar refractivity (Wildman–Crippen MR) is 101 cm³/mol. The third-order valence-corrected chi connectivity index (χ3v) is 4.66. The van der Waals surface area contributed by atoms with Crippen LogP contribution < -0.4 is 9.84 Å². The van der Waals surface area contributed by atoms with Crippen molar-refractivity contribution in [3.8, 4) is 5.75 Å². The topological polar surface area (TPSA) is 99.0 Å². The van der Waals surface area contributed by atoms with E-state index in [1.807, 2.05) is 48.5 Å². The summed E-state index contributed by atoms with van der Waals surface area (Å²) in [6.07, 6.45) is 0.929. The Morgan fingerprint density at radius 2 is 1.77 bits per heavy atom. The Labute approximate surface area is 149 Å². The van der Waals surface area contributed by atoms with Crippen LogP contribution in [-0.2, 0) is 4.57 Å². The van der Waals surface area contributed by atoms with Crippen LogP contribution in [0.25, 0.3) is 22.4 Å². The van der Waals surface area contributed by atoms with Gasteiger partial charge in [0.2, 0.25) is 0 Å². The number of fused-ring (bicyclic) bond motifs is 2. The second-order valence-corrected chi connectivity index (χ2v) is 7.21. The lowest BCUT2D eigenvalue weighted by molar-refractivity contribution is 0.266. The first-order valence-electron chi connectivity index (χ1n) is 7.94. The van der Waals surface area contributed by atoms with Gasteiger partial charge in [0.05, 0.1) is 0 Å². The zero-order valence-electron chi connectivity index (χ0n) is 13.5. The lowest BCUT2D eigenvalue weighted by atomic mass is 10.0. The van der Waals surface area contributed by atoms with Gasteiger partial charge in [-0.15, -0.1) is 0 Å². The van der Waals surface area contributed by atoms with E-state index in [0.717, 1.165) is 16.3 Å². The highest BCUT2D eigenvalue weighted by molar-refractivity contribution is 7.46. The number of hydrogen-bond acceptors (Lipinski definition) is 4. The Bertz CT molecular complexity index is 1070. The van der Waals surface area contributed by atoms with Gasteiger partial charge in [0.1, 0.15) is 5.75 Å². The van der Waals surface area contributed by atoms with Crippen molar-refractivity contribution in [1.82, 2.24) is 0 Å². The summed E-state index contributed by atoms with van der Waals surface area (Å²) in [5.74, 6) is 0.0393. The monoisotopic (exact) mass is 369 g/mol. The highest BCUT2D eigenvalue weighted by Crippen LogP contribution is 2.42. The van der Waals surface area contributed by atoms with Crippen molar-refractivity contribution in [2.45, 2.75) is 6.23 Å². The molecule has 0 bridgehead atoms. The van der Waals surface area contributed by atoms with Crippen molar-refractivity contribution >= 4 is 35.9 Å². The van der Waals surface area contributed by atoms with Gasteiger partial charge in [-0.3, -0.25) is 9.79 Å². The van der Waals surface area contributed by atoms with E-state index in [1.165, 1.54) is 12.1 Å². The molecule has 1 atom stereocenters. The average Bonchev–Trinajstić information content (AvgIpc) is 2.89. The molecule has 3 aromatic rings. The van der Waals surface area contributed by atoms with Gasteiger partial charge in [0, 0.05) is 16.8 Å². The van der Waals surface area contributed by atoms with Crippen molar-refractivity contribution in [3.63, 3.8) is 0 Å². The summed E-state index contributed by atoms with van der Waals surface area (Å²) in [5.41, 5.74) is 2.82. The Kier molecular flexibility index (Phi) is 4.05. The van der Waals surface area contributed by atoms with Crippen molar-refractivity contribution in [3.05, 3.63) is 71.8 Å². The fraction of sp³-hybridized carbons (Fsp3) is 0.0526. The third kappa shape index (κ3) is 3.36. The predicted octanol–water partition coefficient (Wildman–Crippen LogP) is 3.60. The standard InChI is InChI=1S/C19H16NO5P/c21-19-17(10-12-5-6-13-3-1-2-4-14(13)9-12)16-11-15(25-26(22,23)24)7-8-18(16)20-19/h1-11,19-21H,(H2,22,23,24). The second-order valence-electron chi connectivity index (χ2n) is 6.04. The van der Waals surface area contributed by atoms with E-state index >= 15 is 0 Å². The first-order chi connectivity index (χ1) is 12.4. The molecule has 4 N–H and O–H groups in total. The highest BCUT2D eigenvalue weighted by Gasteiger charge is 2.26. The normalized spacial score (nSPS) is 18.0. The van der Waals surface area contributed by atoms with E-state index < -0.39 is 14.1 Å². The van der Waals surface area contributed by atoms with Crippen molar-refractivity contribution in [2.24, 2.45) is 0 Å². The summed E-state index contributed by atoms with van der Waals surface area (Å²) in [7, 11) is -4.64. The van der Waals surface area contributed by atoms with Gasteiger partial charge < -0.3 is 14.9 Å². The van der Waals surface area contributed by atoms with Gasteiger partial charge in [-0.05, 0) is 46.7 Å². The summed E-state index contributed by atoms with van der Waals surface area (Å²) >= 11 is 0. The highest BCUT2D eigenvalue weighted by atomic mass is 31.2. The molecule has 0 aliphatic carbocycles. The zero-order valence-corrected chi connectivity index (χ0v) is 14.4. The Morgan fingerprint density at radius 1 is 1.00 bits per heavy atom. The summed E-state index contributed by atoms with van der Waals surface area (Å²) in [4.78, 5) is 18.0. The van der Waals surface area contributed by atoms with Crippen LogP contribution in [0.4, 0.5) is 5.69 Å². The minimum Gasteiger partial charge on any atom is -0.404 e. The molecule has 7 heteroatoms. The molecule has 0 saturated heterocycles. The Morgan fingerprint density at radius 3 is 2.54 bits per heavy atom. The van der Waals surface area contributed by atoms with Crippen molar-refractivity contribution < 1.29 is 24.0 Å². The molecule has 0 amide bonds. The van der Waals surface area contributed by atoms with Gasteiger partial charge in [-0.1, -0.05) is 36.4 Å². The maximum absolute atomic E-state index is 11.1. The van der Waals surface area contributed by atoms with E-state index in [4.69, 9.17) is 9.79 Å². The Hall–Kier alpha value is -2.63. The third-order valence-electron chi connectivity index (χ3n) is 4.21. The maximum atomic E-state index is 11.1. The van der Waals surface area contributed by atoms with E-state index in [-0.39, 0.29) is 5.75 Å². The molecule has 0 saturated carbocycles. The van der Waals surface area contributed by atoms with Gasteiger partial charge in [0.15, 0.2) is 6.23 Å². The van der Waals surface area contributed by atoms with Gasteiger partial charge in [0.25, 0.3) is 0 Å². The Balaban J connectivity index is 1.76. The number of hydrogen-bond donors (Lipinski definition) is 4. The van der Waals surface area contributed by atoms with Gasteiger partial charge in [-0.2, -0.15) is 0 Å². The number of aliphatic hydroxyl groups excluding tert-OH is 1. The number of nitrogens with one attached hydrogen (secondary N) is 1. The number of anilines is 1. The van der Waals surface area contributed by atoms with Gasteiger partial charge in [-0.25, -0.2) is 4.57 Å². The molecule has 0 radical (unpaired) electrons. The summed E-state index contributed by atoms with van der Waals surface area (Å²) in [6.45, 7) is 0. The van der Waals surface area contributed by atoms with E-state index in [0.29, 0.717) is 16.8 Å². The molecule has 6 nitrogen and oxygen atoms in total. The lowest BCUT2D eigenvalue weighted by Crippen LogP contribution is -2.12. The molecule has 3 aromatic carbocycles. The van der Waals surface area contributed by atoms with Crippen LogP contribution in [0.5, 0.6) is 5.75 Å². The van der Waals surface area contributed by atoms with Crippen LogP contribution in [0.15, 0.2) is 60.7 Å². The smallest absolute Gasteiger partial charge is 0.404 e. The minimum absolute atomic E-state index is 0.0393. The molecule has 1 heterocycles. The number of aliphatic hydroxyl groups is 1. The SMILES string of the molecule is O=P(O)(O)Oc1ccc2c(c1)C(=Cc1ccc3ccccc3c1)C(O)N2. The van der Waals surface area contributed by atoms with Crippen LogP contribution in [0.2, 0.25) is 0 Å². The van der Waals surface area contributed by atoms with E-state index in [9.17, 15) is 9.67 Å². The van der Waals surface area contributed by atoms with Crippen molar-refractivity contribution in [2.75, 3.05) is 5.32 Å². The first kappa shape index (κ1) is 16.8. The van der Waals surface area contributed by atoms with Gasteiger partial charge >= 0.3 is 7.82 Å². The fourth-order valence-electron chi connectivity index (χ4n) is 3.09. The summed E-state index contributed by atoms with van der Waals surface area (Å²) < 4.78 is 15.7. The molecule has 4 rings (SSSR count). The first-order valence-corrected chi connectivity index (χ1v) is 9.47. The summed E-state index contributed by atoms with van der Waals surface area (Å²) in [5, 5.41) is 15.5. The molecular weight excluding hydrogens is 353 g/mol. The van der Waals surface area contributed by atoms with E-state index in [1.54, 1.807) is 6.07 Å².